The first-order valence-corrected chi connectivity index (χ1v) is 12.0. The zero-order chi connectivity index (χ0) is 26.4. The highest BCUT2D eigenvalue weighted by Gasteiger charge is 2.32. The molecule has 3 aromatic rings. The molecular weight excluding hydrogens is 484 g/mol. The van der Waals surface area contributed by atoms with Gasteiger partial charge in [0.05, 0.1) is 34.9 Å². The highest BCUT2D eigenvalue weighted by Crippen LogP contribution is 2.36. The molecule has 0 spiro atoms. The lowest BCUT2D eigenvalue weighted by molar-refractivity contribution is 0.235. The Balaban J connectivity index is 1.60. The van der Waals surface area contributed by atoms with E-state index >= 15 is 0 Å². The average Bonchev–Trinajstić information content (AvgIpc) is 3.58. The molecule has 2 aromatic carbocycles. The van der Waals surface area contributed by atoms with E-state index in [1.165, 1.54) is 32.2 Å². The van der Waals surface area contributed by atoms with Crippen molar-refractivity contribution < 1.29 is 10.2 Å². The zero-order valence-electron chi connectivity index (χ0n) is 20.8. The minimum atomic E-state index is -1.56. The molecule has 1 aromatic heterocycles. The van der Waals surface area contributed by atoms with Crippen LogP contribution in [-0.2, 0) is 0 Å². The Bertz CT molecular complexity index is 1410. The molecule has 10 heteroatoms. The summed E-state index contributed by atoms with van der Waals surface area (Å²) in [5, 5.41) is 18.6. The van der Waals surface area contributed by atoms with Crippen molar-refractivity contribution in [1.82, 2.24) is 21.0 Å². The van der Waals surface area contributed by atoms with Gasteiger partial charge in [0.2, 0.25) is 0 Å². The first-order chi connectivity index (χ1) is 17.6. The van der Waals surface area contributed by atoms with Gasteiger partial charge < -0.3 is 16.1 Å². The minimum absolute atomic E-state index is 0.0342. The third-order valence-electron chi connectivity index (χ3n) is 5.93. The lowest BCUT2D eigenvalue weighted by Crippen LogP contribution is -2.38. The molecular formula is C26H26ClF2N7. The fourth-order valence-electron chi connectivity index (χ4n) is 3.97. The first kappa shape index (κ1) is 22.8. The van der Waals surface area contributed by atoms with E-state index in [0.29, 0.717) is 44.6 Å². The Morgan fingerprint density at radius 3 is 2.75 bits per heavy atom. The average molecular weight is 511 g/mol. The molecule has 0 saturated heterocycles. The normalized spacial score (nSPS) is 17.6. The van der Waals surface area contributed by atoms with Crippen LogP contribution in [0.4, 0.5) is 20.2 Å². The van der Waals surface area contributed by atoms with Gasteiger partial charge in [0.25, 0.3) is 0 Å². The predicted octanol–water partition coefficient (Wildman–Crippen LogP) is 5.54. The number of halogens is 3. The number of fused-ring (bicyclic) bond motifs is 1. The van der Waals surface area contributed by atoms with E-state index in [4.69, 9.17) is 11.6 Å². The molecule has 0 amide bonds. The number of nitriles is 1. The van der Waals surface area contributed by atoms with Gasteiger partial charge in [0, 0.05) is 36.1 Å². The molecule has 0 bridgehead atoms. The Kier molecular flexibility index (Phi) is 5.99. The van der Waals surface area contributed by atoms with Crippen LogP contribution in [0.3, 0.4) is 0 Å². The van der Waals surface area contributed by atoms with E-state index in [1.54, 1.807) is 24.3 Å². The summed E-state index contributed by atoms with van der Waals surface area (Å²) in [4.78, 5) is 4.33. The second-order valence-corrected chi connectivity index (χ2v) is 9.92. The number of benzene rings is 2. The number of hydrogen-bond acceptors (Lipinski definition) is 7. The number of rotatable bonds is 8. The van der Waals surface area contributed by atoms with E-state index in [1.807, 2.05) is 11.2 Å². The number of nitrogens with one attached hydrogen (secondary N) is 4. The summed E-state index contributed by atoms with van der Waals surface area (Å²) in [6, 6.07) is 9.94. The molecule has 186 valence electrons. The van der Waals surface area contributed by atoms with Gasteiger partial charge in [0.15, 0.2) is 0 Å². The summed E-state index contributed by atoms with van der Waals surface area (Å²) >= 11 is 6.60. The smallest absolute Gasteiger partial charge is 0.123 e. The van der Waals surface area contributed by atoms with Crippen molar-refractivity contribution in [1.29, 1.82) is 5.26 Å². The molecule has 1 fully saturated rings. The summed E-state index contributed by atoms with van der Waals surface area (Å²) in [5.41, 5.74) is 7.15. The summed E-state index contributed by atoms with van der Waals surface area (Å²) in [7, 11) is 0. The second-order valence-electron chi connectivity index (χ2n) is 9.51. The van der Waals surface area contributed by atoms with Crippen molar-refractivity contribution in [2.45, 2.75) is 44.4 Å². The standard InChI is InChI=1S/C26H26ClF2N7/c1-26(2,29)14-32-23-16(11-30)12-31-25-20(23)9-18(10-21(25)27)33-24(15-3-5-17(28)6-4-15)22-13-36(35-34-22)19-7-8-19/h3-6,9-10,12-13,19,24,33-35H,7-8,14H2,1-2H3,(H,31,32)/t24-/m0/s1/i24D. The highest BCUT2D eigenvalue weighted by atomic mass is 35.5. The molecule has 36 heavy (non-hydrogen) atoms. The second kappa shape index (κ2) is 9.45. The lowest BCUT2D eigenvalue weighted by Gasteiger charge is -2.23. The maximum Gasteiger partial charge on any atom is 0.123 e. The van der Waals surface area contributed by atoms with Crippen LogP contribution in [0.25, 0.3) is 10.9 Å². The SMILES string of the molecule is [2H][C@@](Nc1cc(Cl)c2ncc(C#N)c(NCC(C)(C)F)c2c1)(C1=CN(C2CC2)NN1)c1ccc(F)cc1. The molecule has 4 N–H and O–H groups in total. The number of anilines is 2. The summed E-state index contributed by atoms with van der Waals surface area (Å²) < 4.78 is 37.5. The third-order valence-corrected chi connectivity index (χ3v) is 6.22. The van der Waals surface area contributed by atoms with Crippen LogP contribution < -0.4 is 21.6 Å². The number of aromatic nitrogens is 1. The largest absolute Gasteiger partial charge is 0.380 e. The number of hydrazine groups is 2. The van der Waals surface area contributed by atoms with Gasteiger partial charge in [-0.25, -0.2) is 8.78 Å². The van der Waals surface area contributed by atoms with Crippen LogP contribution in [0.2, 0.25) is 5.02 Å². The van der Waals surface area contributed by atoms with Crippen LogP contribution in [0.1, 0.15) is 45.2 Å². The molecule has 2 aliphatic rings. The van der Waals surface area contributed by atoms with Gasteiger partial charge in [-0.1, -0.05) is 23.7 Å². The van der Waals surface area contributed by atoms with Gasteiger partial charge in [-0.15, -0.1) is 5.53 Å². The van der Waals surface area contributed by atoms with Gasteiger partial charge >= 0.3 is 0 Å². The highest BCUT2D eigenvalue weighted by molar-refractivity contribution is 6.35. The maximum atomic E-state index is 14.3. The summed E-state index contributed by atoms with van der Waals surface area (Å²) in [6.07, 6.45) is 5.32. The van der Waals surface area contributed by atoms with Crippen LogP contribution in [0.15, 0.2) is 54.5 Å². The first-order valence-electron chi connectivity index (χ1n) is 12.1. The van der Waals surface area contributed by atoms with Gasteiger partial charge in [0.1, 0.15) is 17.6 Å². The minimum Gasteiger partial charge on any atom is -0.380 e. The number of pyridine rings is 1. The van der Waals surface area contributed by atoms with Crippen LogP contribution in [-0.4, -0.2) is 28.2 Å². The topological polar surface area (TPSA) is 88.0 Å². The van der Waals surface area contributed by atoms with E-state index in [0.717, 1.165) is 12.8 Å². The van der Waals surface area contributed by atoms with Crippen molar-refractivity contribution in [2.24, 2.45) is 0 Å². The van der Waals surface area contributed by atoms with Crippen molar-refractivity contribution in [3.8, 4) is 6.07 Å². The molecule has 0 radical (unpaired) electrons. The van der Waals surface area contributed by atoms with Gasteiger partial charge in [-0.2, -0.15) is 5.26 Å². The monoisotopic (exact) mass is 510 g/mol. The quantitative estimate of drug-likeness (QED) is 0.316. The Labute approximate surface area is 214 Å². The van der Waals surface area contributed by atoms with Crippen molar-refractivity contribution in [3.05, 3.63) is 76.5 Å². The van der Waals surface area contributed by atoms with Gasteiger partial charge in [-0.3, -0.25) is 9.99 Å². The van der Waals surface area contributed by atoms with Gasteiger partial charge in [-0.05, 0) is 56.5 Å². The lowest BCUT2D eigenvalue weighted by atomic mass is 10.0. The number of alkyl halides is 1. The molecule has 1 aliphatic carbocycles. The van der Waals surface area contributed by atoms with Crippen molar-refractivity contribution in [2.75, 3.05) is 17.2 Å². The summed E-state index contributed by atoms with van der Waals surface area (Å²) in [6.45, 7) is 2.84. The fraction of sp³-hybridized carbons (Fsp3) is 0.308. The number of nitrogens with zero attached hydrogens (tertiary/aromatic N) is 3. The fourth-order valence-corrected chi connectivity index (χ4v) is 4.23. The Morgan fingerprint density at radius 1 is 1.33 bits per heavy atom. The van der Waals surface area contributed by atoms with E-state index in [2.05, 4.69) is 32.6 Å². The zero-order valence-corrected chi connectivity index (χ0v) is 20.5. The predicted molar refractivity (Wildman–Crippen MR) is 137 cm³/mol. The van der Waals surface area contributed by atoms with Crippen molar-refractivity contribution in [3.63, 3.8) is 0 Å². The Morgan fingerprint density at radius 2 is 2.08 bits per heavy atom. The third kappa shape index (κ3) is 5.15. The van der Waals surface area contributed by atoms with E-state index < -0.39 is 17.5 Å². The molecule has 1 aliphatic heterocycles. The van der Waals surface area contributed by atoms with Crippen LogP contribution in [0.5, 0.6) is 0 Å². The number of hydrogen-bond donors (Lipinski definition) is 4. The maximum absolute atomic E-state index is 14.3. The van der Waals surface area contributed by atoms with E-state index in [-0.39, 0.29) is 12.1 Å². The molecule has 7 nitrogen and oxygen atoms in total. The summed E-state index contributed by atoms with van der Waals surface area (Å²) in [5.74, 6) is -0.410. The molecule has 2 heterocycles. The molecule has 5 rings (SSSR count). The molecule has 1 saturated carbocycles. The van der Waals surface area contributed by atoms with E-state index in [9.17, 15) is 15.4 Å². The molecule has 0 unspecified atom stereocenters. The Hall–Kier alpha value is -3.61. The van der Waals surface area contributed by atoms with Crippen molar-refractivity contribution >= 4 is 33.9 Å². The molecule has 1 atom stereocenters. The van der Waals surface area contributed by atoms with Crippen LogP contribution >= 0.6 is 11.6 Å². The van der Waals surface area contributed by atoms with Crippen LogP contribution in [0, 0.1) is 17.1 Å².